The van der Waals surface area contributed by atoms with Crippen LogP contribution in [0.2, 0.25) is 0 Å². The number of hydrogen-bond donors (Lipinski definition) is 0. The number of rotatable bonds is 24. The van der Waals surface area contributed by atoms with Crippen LogP contribution in [-0.4, -0.2) is 26.9 Å². The second kappa shape index (κ2) is 20.5. The van der Waals surface area contributed by atoms with Crippen molar-refractivity contribution in [2.45, 2.75) is 148 Å². The Morgan fingerprint density at radius 2 is 0.889 bits per heavy atom. The number of hydrogen-bond acceptors (Lipinski definition) is 3. The Balaban J connectivity index is 2.96. The van der Waals surface area contributed by atoms with Gasteiger partial charge in [0.1, 0.15) is 0 Å². The number of aryl methyl sites for hydroxylation is 1. The van der Waals surface area contributed by atoms with Crippen LogP contribution in [0.5, 0.6) is 0 Å². The number of unbranched alkanes of at least 4 members (excludes halogenated alkanes) is 15. The van der Waals surface area contributed by atoms with Gasteiger partial charge in [0.25, 0.3) is 0 Å². The maximum atomic E-state index is 13.5. The maximum absolute atomic E-state index is 13.5. The third-order valence-corrected chi connectivity index (χ3v) is 14.5. The average Bonchev–Trinajstić information content (AvgIpc) is 2.85. The van der Waals surface area contributed by atoms with Crippen LogP contribution in [0.15, 0.2) is 29.2 Å². The van der Waals surface area contributed by atoms with Gasteiger partial charge >= 0.3 is 226 Å². The van der Waals surface area contributed by atoms with Gasteiger partial charge in [0, 0.05) is 0 Å². The van der Waals surface area contributed by atoms with Gasteiger partial charge in [-0.05, 0) is 0 Å². The molecular weight excluding hydrogens is 483 g/mol. The van der Waals surface area contributed by atoms with Crippen molar-refractivity contribution in [3.8, 4) is 0 Å². The van der Waals surface area contributed by atoms with Gasteiger partial charge in [-0.2, -0.15) is 0 Å². The third kappa shape index (κ3) is 15.1. The summed E-state index contributed by atoms with van der Waals surface area (Å²) >= 11 is 0. The van der Waals surface area contributed by atoms with Crippen LogP contribution in [0, 0.1) is 6.92 Å². The second-order valence-corrected chi connectivity index (χ2v) is 17.0. The van der Waals surface area contributed by atoms with Gasteiger partial charge in [-0.15, -0.1) is 0 Å². The summed E-state index contributed by atoms with van der Waals surface area (Å²) in [4.78, 5) is 0.332. The molecule has 0 radical (unpaired) electrons. The summed E-state index contributed by atoms with van der Waals surface area (Å²) in [5.41, 5.74) is 1.07. The molecule has 0 amide bonds. The number of benzene rings is 1. The van der Waals surface area contributed by atoms with Gasteiger partial charge in [0.2, 0.25) is 0 Å². The molecule has 0 saturated carbocycles. The van der Waals surface area contributed by atoms with Crippen molar-refractivity contribution in [3.05, 3.63) is 29.8 Å². The fourth-order valence-electron chi connectivity index (χ4n) is 5.17. The molecule has 0 spiro atoms. The van der Waals surface area contributed by atoms with Crippen LogP contribution in [0.1, 0.15) is 142 Å². The van der Waals surface area contributed by atoms with Gasteiger partial charge in [0.05, 0.1) is 0 Å². The molecule has 0 aliphatic rings. The van der Waals surface area contributed by atoms with Crippen molar-refractivity contribution in [1.29, 1.82) is 0 Å². The van der Waals surface area contributed by atoms with Gasteiger partial charge in [0.15, 0.2) is 0 Å². The Hall–Kier alpha value is -0.440. The summed E-state index contributed by atoms with van der Waals surface area (Å²) in [6, 6.07) is 7.22. The Bertz CT molecular complexity index is 705. The minimum absolute atomic E-state index is 0.332. The molecule has 0 bridgehead atoms. The molecule has 5 heteroatoms. The zero-order chi connectivity index (χ0) is 26.5. The molecule has 0 unspecified atom stereocenters. The van der Waals surface area contributed by atoms with Crippen LogP contribution in [0.4, 0.5) is 0 Å². The SMILES string of the molecule is CCCCCCCC[PH](CCCCCCCC)(CCCCCCCC)OS(=O)(=O)c1ccc(C)cc1. The van der Waals surface area contributed by atoms with Crippen molar-refractivity contribution in [3.63, 3.8) is 0 Å². The summed E-state index contributed by atoms with van der Waals surface area (Å²) in [6.07, 6.45) is 25.3. The summed E-state index contributed by atoms with van der Waals surface area (Å²) in [6.45, 7) is 8.75. The van der Waals surface area contributed by atoms with E-state index in [0.29, 0.717) is 4.90 Å². The predicted octanol–water partition coefficient (Wildman–Crippen LogP) is 10.4. The third-order valence-electron chi connectivity index (χ3n) is 7.55. The van der Waals surface area contributed by atoms with E-state index in [4.69, 9.17) is 3.97 Å². The molecule has 0 fully saturated rings. The minimum atomic E-state index is -3.73. The summed E-state index contributed by atoms with van der Waals surface area (Å²) in [5, 5.41) is 0. The standard InChI is InChI=1S/C31H59O3PS/c1-5-8-11-14-17-20-27-35(28-21-18-15-12-9-6-2,29-22-19-16-13-10-7-3)34-36(32,33)31-25-23-30(4)24-26-31/h23-26,35H,5-22,27-29H2,1-4H3. The first-order valence-corrected chi connectivity index (χ1v) is 19.3. The fourth-order valence-corrected chi connectivity index (χ4v) is 12.3. The zero-order valence-electron chi connectivity index (χ0n) is 24.3. The van der Waals surface area contributed by atoms with Crippen molar-refractivity contribution in [1.82, 2.24) is 0 Å². The Morgan fingerprint density at radius 1 is 0.556 bits per heavy atom. The molecule has 0 saturated heterocycles. The van der Waals surface area contributed by atoms with Crippen molar-refractivity contribution in [2.24, 2.45) is 0 Å². The van der Waals surface area contributed by atoms with E-state index in [1.807, 2.05) is 19.1 Å². The average molecular weight is 543 g/mol. The summed E-state index contributed by atoms with van der Waals surface area (Å²) in [5.74, 6) is 0. The van der Waals surface area contributed by atoms with E-state index in [0.717, 1.165) is 43.3 Å². The molecular formula is C31H59O3PS. The van der Waals surface area contributed by atoms with Crippen LogP contribution in [0.25, 0.3) is 0 Å². The molecule has 0 atom stereocenters. The van der Waals surface area contributed by atoms with E-state index >= 15 is 0 Å². The summed E-state index contributed by atoms with van der Waals surface area (Å²) in [7, 11) is -6.15. The van der Waals surface area contributed by atoms with Gasteiger partial charge in [-0.3, -0.25) is 0 Å². The van der Waals surface area contributed by atoms with Gasteiger partial charge < -0.3 is 0 Å². The first kappa shape index (κ1) is 33.6. The van der Waals surface area contributed by atoms with Crippen molar-refractivity contribution >= 4 is 17.6 Å². The van der Waals surface area contributed by atoms with Crippen LogP contribution >= 0.6 is 7.49 Å². The molecule has 3 nitrogen and oxygen atoms in total. The first-order chi connectivity index (χ1) is 17.4. The molecule has 1 rings (SSSR count). The Morgan fingerprint density at radius 3 is 1.25 bits per heavy atom. The van der Waals surface area contributed by atoms with Crippen LogP contribution in [0.3, 0.4) is 0 Å². The van der Waals surface area contributed by atoms with Gasteiger partial charge in [-0.1, -0.05) is 0 Å². The fraction of sp³-hybridized carbons (Fsp3) is 0.806. The monoisotopic (exact) mass is 542 g/mol. The zero-order valence-corrected chi connectivity index (χ0v) is 26.1. The molecule has 0 aliphatic heterocycles. The topological polar surface area (TPSA) is 43.4 Å². The molecule has 1 aromatic rings. The van der Waals surface area contributed by atoms with E-state index in [2.05, 4.69) is 20.8 Å². The molecule has 0 heterocycles. The molecule has 0 aliphatic carbocycles. The molecule has 212 valence electrons. The van der Waals surface area contributed by atoms with E-state index in [1.165, 1.54) is 96.3 Å². The van der Waals surface area contributed by atoms with Crippen molar-refractivity contribution < 1.29 is 12.4 Å². The Labute approximate surface area is 226 Å². The summed E-state index contributed by atoms with van der Waals surface area (Å²) < 4.78 is 33.4. The molecule has 1 aromatic carbocycles. The molecule has 0 aromatic heterocycles. The molecule has 36 heavy (non-hydrogen) atoms. The van der Waals surface area contributed by atoms with Gasteiger partial charge in [-0.25, -0.2) is 0 Å². The van der Waals surface area contributed by atoms with E-state index in [9.17, 15) is 8.42 Å². The Kier molecular flexibility index (Phi) is 19.1. The van der Waals surface area contributed by atoms with Crippen LogP contribution < -0.4 is 0 Å². The van der Waals surface area contributed by atoms with E-state index in [1.54, 1.807) is 12.1 Å². The van der Waals surface area contributed by atoms with Crippen molar-refractivity contribution in [2.75, 3.05) is 18.5 Å². The van der Waals surface area contributed by atoms with Crippen LogP contribution in [-0.2, 0) is 14.1 Å². The first-order valence-electron chi connectivity index (χ1n) is 15.4. The van der Waals surface area contributed by atoms with E-state index in [-0.39, 0.29) is 0 Å². The second-order valence-electron chi connectivity index (χ2n) is 11.1. The predicted molar refractivity (Wildman–Crippen MR) is 162 cm³/mol. The van der Waals surface area contributed by atoms with E-state index < -0.39 is 17.6 Å². The quantitative estimate of drug-likeness (QED) is 0.0963. The molecule has 0 N–H and O–H groups in total. The normalized spacial score (nSPS) is 12.8.